The van der Waals surface area contributed by atoms with E-state index in [-0.39, 0.29) is 35.1 Å². The van der Waals surface area contributed by atoms with Gasteiger partial charge >= 0.3 is 0 Å². The summed E-state index contributed by atoms with van der Waals surface area (Å²) in [5.41, 5.74) is 0.524. The zero-order valence-electron chi connectivity index (χ0n) is 16.1. The van der Waals surface area contributed by atoms with Gasteiger partial charge in [0.25, 0.3) is 11.8 Å². The second kappa shape index (κ2) is 9.27. The van der Waals surface area contributed by atoms with Crippen molar-refractivity contribution in [3.63, 3.8) is 0 Å². The summed E-state index contributed by atoms with van der Waals surface area (Å²) in [6, 6.07) is 2.70. The van der Waals surface area contributed by atoms with Crippen molar-refractivity contribution in [3.05, 3.63) is 29.6 Å². The minimum atomic E-state index is -3.09. The Balaban J connectivity index is 2.04. The first-order valence-corrected chi connectivity index (χ1v) is 11.0. The van der Waals surface area contributed by atoms with Gasteiger partial charge in [0.2, 0.25) is 0 Å². The van der Waals surface area contributed by atoms with Crippen molar-refractivity contribution in [2.45, 2.75) is 25.8 Å². The van der Waals surface area contributed by atoms with Crippen molar-refractivity contribution in [3.8, 4) is 0 Å². The molecule has 27 heavy (non-hydrogen) atoms. The zero-order valence-corrected chi connectivity index (χ0v) is 17.0. The SMILES string of the molecule is CCN(C(=O)c1cc(C(=O)NCCCN(C)C)ccn1)C1CCS(=O)(=O)C1. The van der Waals surface area contributed by atoms with Gasteiger partial charge in [0, 0.05) is 30.9 Å². The van der Waals surface area contributed by atoms with Gasteiger partial charge in [-0.25, -0.2) is 8.42 Å². The largest absolute Gasteiger partial charge is 0.352 e. The van der Waals surface area contributed by atoms with Crippen LogP contribution >= 0.6 is 0 Å². The smallest absolute Gasteiger partial charge is 0.272 e. The Morgan fingerprint density at radius 1 is 1.33 bits per heavy atom. The van der Waals surface area contributed by atoms with Crippen LogP contribution in [0.15, 0.2) is 18.3 Å². The Labute approximate surface area is 160 Å². The van der Waals surface area contributed by atoms with Crippen molar-refractivity contribution in [1.29, 1.82) is 0 Å². The fourth-order valence-electron chi connectivity index (χ4n) is 3.12. The molecule has 2 rings (SSSR count). The molecule has 1 aliphatic rings. The molecule has 1 atom stereocenters. The Morgan fingerprint density at radius 2 is 2.07 bits per heavy atom. The second-order valence-electron chi connectivity index (χ2n) is 6.99. The van der Waals surface area contributed by atoms with Crippen LogP contribution in [0.2, 0.25) is 0 Å². The molecule has 9 heteroatoms. The minimum Gasteiger partial charge on any atom is -0.352 e. The van der Waals surface area contributed by atoms with E-state index in [2.05, 4.69) is 10.3 Å². The van der Waals surface area contributed by atoms with Crippen LogP contribution in [0.25, 0.3) is 0 Å². The van der Waals surface area contributed by atoms with E-state index in [4.69, 9.17) is 0 Å². The maximum atomic E-state index is 12.8. The molecule has 1 fully saturated rings. The Kier molecular flexibility index (Phi) is 7.32. The van der Waals surface area contributed by atoms with E-state index < -0.39 is 9.84 Å². The number of nitrogens with zero attached hydrogens (tertiary/aromatic N) is 3. The number of hydrogen-bond acceptors (Lipinski definition) is 6. The average molecular weight is 397 g/mol. The summed E-state index contributed by atoms with van der Waals surface area (Å²) in [7, 11) is 0.851. The van der Waals surface area contributed by atoms with Gasteiger partial charge in [-0.3, -0.25) is 14.6 Å². The molecule has 1 saturated heterocycles. The van der Waals surface area contributed by atoms with Crippen LogP contribution in [0.1, 0.15) is 40.6 Å². The number of aromatic nitrogens is 1. The second-order valence-corrected chi connectivity index (χ2v) is 9.22. The van der Waals surface area contributed by atoms with E-state index >= 15 is 0 Å². The lowest BCUT2D eigenvalue weighted by atomic mass is 10.1. The van der Waals surface area contributed by atoms with Crippen LogP contribution in [0.3, 0.4) is 0 Å². The van der Waals surface area contributed by atoms with Gasteiger partial charge in [-0.2, -0.15) is 0 Å². The van der Waals surface area contributed by atoms with Crippen molar-refractivity contribution in [1.82, 2.24) is 20.1 Å². The molecule has 0 aliphatic carbocycles. The molecule has 1 aromatic rings. The molecule has 0 saturated carbocycles. The molecule has 0 radical (unpaired) electrons. The van der Waals surface area contributed by atoms with E-state index in [9.17, 15) is 18.0 Å². The lowest BCUT2D eigenvalue weighted by Crippen LogP contribution is -2.41. The minimum absolute atomic E-state index is 0.0152. The number of pyridine rings is 1. The summed E-state index contributed by atoms with van der Waals surface area (Å²) in [6.07, 6.45) is 2.70. The third-order valence-electron chi connectivity index (χ3n) is 4.56. The molecule has 0 aromatic carbocycles. The predicted molar refractivity (Wildman–Crippen MR) is 104 cm³/mol. The molecule has 8 nitrogen and oxygen atoms in total. The summed E-state index contributed by atoms with van der Waals surface area (Å²) in [5, 5.41) is 2.83. The lowest BCUT2D eigenvalue weighted by Gasteiger charge is -2.26. The van der Waals surface area contributed by atoms with Crippen molar-refractivity contribution in [2.24, 2.45) is 0 Å². The summed E-state index contributed by atoms with van der Waals surface area (Å²) in [6.45, 7) is 3.62. The number of nitrogens with one attached hydrogen (secondary N) is 1. The van der Waals surface area contributed by atoms with Crippen LogP contribution in [0.4, 0.5) is 0 Å². The summed E-state index contributed by atoms with van der Waals surface area (Å²) < 4.78 is 23.4. The van der Waals surface area contributed by atoms with Gasteiger partial charge in [-0.15, -0.1) is 0 Å². The molecule has 1 aliphatic heterocycles. The number of sulfone groups is 1. The Hall–Kier alpha value is -2.00. The first kappa shape index (κ1) is 21.3. The highest BCUT2D eigenvalue weighted by Crippen LogP contribution is 2.19. The van der Waals surface area contributed by atoms with E-state index in [0.717, 1.165) is 13.0 Å². The number of rotatable bonds is 8. The monoisotopic (exact) mass is 396 g/mol. The molecule has 1 aromatic heterocycles. The van der Waals surface area contributed by atoms with E-state index in [1.165, 1.54) is 17.2 Å². The summed E-state index contributed by atoms with van der Waals surface area (Å²) in [5.74, 6) is -0.512. The van der Waals surface area contributed by atoms with E-state index in [1.54, 1.807) is 6.07 Å². The first-order chi connectivity index (χ1) is 12.7. The van der Waals surface area contributed by atoms with Gasteiger partial charge in [0.1, 0.15) is 5.69 Å². The van der Waals surface area contributed by atoms with Gasteiger partial charge < -0.3 is 15.1 Å². The van der Waals surface area contributed by atoms with Crippen molar-refractivity contribution >= 4 is 21.7 Å². The average Bonchev–Trinajstić information content (AvgIpc) is 2.98. The summed E-state index contributed by atoms with van der Waals surface area (Å²) in [4.78, 5) is 32.8. The molecule has 1 N–H and O–H groups in total. The maximum absolute atomic E-state index is 12.8. The Bertz CT molecular complexity index is 779. The highest BCUT2D eigenvalue weighted by atomic mass is 32.2. The first-order valence-electron chi connectivity index (χ1n) is 9.14. The molecule has 2 amide bonds. The molecule has 150 valence electrons. The van der Waals surface area contributed by atoms with Crippen molar-refractivity contribution < 1.29 is 18.0 Å². The van der Waals surface area contributed by atoms with Crippen LogP contribution in [-0.4, -0.2) is 86.3 Å². The fraction of sp³-hybridized carbons (Fsp3) is 0.611. The van der Waals surface area contributed by atoms with Crippen LogP contribution in [-0.2, 0) is 9.84 Å². The Morgan fingerprint density at radius 3 is 2.67 bits per heavy atom. The van der Waals surface area contributed by atoms with Gasteiger partial charge in [-0.05, 0) is 52.5 Å². The number of hydrogen-bond donors (Lipinski definition) is 1. The van der Waals surface area contributed by atoms with Crippen LogP contribution < -0.4 is 5.32 Å². The standard InChI is InChI=1S/C18H28N4O4S/c1-4-22(15-7-11-27(25,26)13-15)18(24)16-12-14(6-9-19-16)17(23)20-8-5-10-21(2)3/h6,9,12,15H,4-5,7-8,10-11,13H2,1-3H3,(H,20,23). The van der Waals surface area contributed by atoms with E-state index in [1.807, 2.05) is 25.9 Å². The highest BCUT2D eigenvalue weighted by molar-refractivity contribution is 7.91. The van der Waals surface area contributed by atoms with E-state index in [0.29, 0.717) is 25.1 Å². The van der Waals surface area contributed by atoms with Gasteiger partial charge in [0.15, 0.2) is 9.84 Å². The number of carbonyl (C=O) groups excluding carboxylic acids is 2. The van der Waals surface area contributed by atoms with Crippen molar-refractivity contribution in [2.75, 3.05) is 45.2 Å². The molecule has 0 spiro atoms. The normalized spacial score (nSPS) is 18.4. The number of amides is 2. The highest BCUT2D eigenvalue weighted by Gasteiger charge is 2.34. The topological polar surface area (TPSA) is 99.7 Å². The maximum Gasteiger partial charge on any atom is 0.272 e. The number of carbonyl (C=O) groups is 2. The predicted octanol–water partition coefficient (Wildman–Crippen LogP) is 0.412. The molecular weight excluding hydrogens is 368 g/mol. The van der Waals surface area contributed by atoms with Gasteiger partial charge in [-0.1, -0.05) is 0 Å². The molecule has 1 unspecified atom stereocenters. The molecule has 0 bridgehead atoms. The zero-order chi connectivity index (χ0) is 20.0. The third kappa shape index (κ3) is 6.00. The van der Waals surface area contributed by atoms with Gasteiger partial charge in [0.05, 0.1) is 11.5 Å². The third-order valence-corrected chi connectivity index (χ3v) is 6.31. The molecular formula is C18H28N4O4S. The molecule has 2 heterocycles. The van der Waals surface area contributed by atoms with Crippen LogP contribution in [0, 0.1) is 0 Å². The van der Waals surface area contributed by atoms with Crippen LogP contribution in [0.5, 0.6) is 0 Å². The fourth-order valence-corrected chi connectivity index (χ4v) is 4.85. The summed E-state index contributed by atoms with van der Waals surface area (Å²) >= 11 is 0. The lowest BCUT2D eigenvalue weighted by molar-refractivity contribution is 0.0702. The quantitative estimate of drug-likeness (QED) is 0.639.